The van der Waals surface area contributed by atoms with Crippen LogP contribution in [0.25, 0.3) is 0 Å². The summed E-state index contributed by atoms with van der Waals surface area (Å²) in [6.07, 6.45) is 0. The first kappa shape index (κ1) is 17.9. The summed E-state index contributed by atoms with van der Waals surface area (Å²) in [6.45, 7) is 1.17. The molecule has 1 aromatic heterocycles. The molecule has 0 aliphatic heterocycles. The smallest absolute Gasteiger partial charge is 0.252 e. The lowest BCUT2D eigenvalue weighted by Crippen LogP contribution is -2.33. The van der Waals surface area contributed by atoms with Crippen molar-refractivity contribution in [3.05, 3.63) is 88.1 Å². The van der Waals surface area contributed by atoms with Gasteiger partial charge in [-0.2, -0.15) is 0 Å². The Morgan fingerprint density at radius 2 is 1.62 bits per heavy atom. The molecule has 0 aliphatic carbocycles. The molecule has 0 atom stereocenters. The van der Waals surface area contributed by atoms with E-state index in [4.69, 9.17) is 0 Å². The molecule has 5 heteroatoms. The van der Waals surface area contributed by atoms with Gasteiger partial charge in [-0.15, -0.1) is 11.3 Å². The van der Waals surface area contributed by atoms with Crippen LogP contribution in [0.1, 0.15) is 25.6 Å². The van der Waals surface area contributed by atoms with Crippen LogP contribution in [-0.4, -0.2) is 31.8 Å². The van der Waals surface area contributed by atoms with Crippen LogP contribution in [0.2, 0.25) is 0 Å². The summed E-state index contributed by atoms with van der Waals surface area (Å²) in [5.41, 5.74) is 1.94. The van der Waals surface area contributed by atoms with Gasteiger partial charge >= 0.3 is 0 Å². The van der Waals surface area contributed by atoms with E-state index in [9.17, 15) is 9.59 Å². The number of anilines is 1. The maximum atomic E-state index is 12.6. The number of hydrogen-bond acceptors (Lipinski definition) is 4. The number of amides is 1. The van der Waals surface area contributed by atoms with Crippen LogP contribution in [0, 0.1) is 0 Å². The topological polar surface area (TPSA) is 49.4 Å². The normalized spacial score (nSPS) is 10.3. The average Bonchev–Trinajstić information content (AvgIpc) is 3.22. The molecule has 0 bridgehead atoms. The van der Waals surface area contributed by atoms with Gasteiger partial charge in [-0.05, 0) is 29.6 Å². The standard InChI is InChI=1S/C21H20N2O2S/c1-23(16-8-3-2-4-9-16)14-13-22-21(25)18-11-6-5-10-17(18)20(24)19-12-7-15-26-19/h2-12,15H,13-14H2,1H3,(H,22,25). The summed E-state index contributed by atoms with van der Waals surface area (Å²) in [5.74, 6) is -0.348. The van der Waals surface area contributed by atoms with Crippen LogP contribution in [0.5, 0.6) is 0 Å². The maximum absolute atomic E-state index is 12.6. The van der Waals surface area contributed by atoms with E-state index < -0.39 is 0 Å². The SMILES string of the molecule is CN(CCNC(=O)c1ccccc1C(=O)c1cccs1)c1ccccc1. The quantitative estimate of drug-likeness (QED) is 0.648. The minimum Gasteiger partial charge on any atom is -0.373 e. The first-order valence-electron chi connectivity index (χ1n) is 8.38. The zero-order valence-corrected chi connectivity index (χ0v) is 15.3. The zero-order valence-electron chi connectivity index (χ0n) is 14.5. The average molecular weight is 364 g/mol. The molecule has 0 fully saturated rings. The minimum absolute atomic E-state index is 0.118. The van der Waals surface area contributed by atoms with Crippen LogP contribution >= 0.6 is 11.3 Å². The summed E-state index contributed by atoms with van der Waals surface area (Å²) in [7, 11) is 1.98. The fraction of sp³-hybridized carbons (Fsp3) is 0.143. The van der Waals surface area contributed by atoms with Gasteiger partial charge in [0, 0.05) is 31.4 Å². The van der Waals surface area contributed by atoms with Gasteiger partial charge in [0.05, 0.1) is 10.4 Å². The number of carbonyl (C=O) groups is 2. The van der Waals surface area contributed by atoms with Gasteiger partial charge in [0.1, 0.15) is 0 Å². The first-order chi connectivity index (χ1) is 12.7. The van der Waals surface area contributed by atoms with Crippen molar-refractivity contribution in [2.24, 2.45) is 0 Å². The highest BCUT2D eigenvalue weighted by molar-refractivity contribution is 7.12. The number of nitrogens with one attached hydrogen (secondary N) is 1. The summed E-state index contributed by atoms with van der Waals surface area (Å²) >= 11 is 1.38. The third-order valence-electron chi connectivity index (χ3n) is 4.09. The molecular weight excluding hydrogens is 344 g/mol. The van der Waals surface area contributed by atoms with E-state index in [1.807, 2.05) is 48.8 Å². The fourth-order valence-electron chi connectivity index (χ4n) is 2.66. The van der Waals surface area contributed by atoms with Crippen molar-refractivity contribution < 1.29 is 9.59 Å². The Hall–Kier alpha value is -2.92. The highest BCUT2D eigenvalue weighted by atomic mass is 32.1. The lowest BCUT2D eigenvalue weighted by Gasteiger charge is -2.19. The van der Waals surface area contributed by atoms with Crippen molar-refractivity contribution >= 4 is 28.7 Å². The molecule has 0 aliphatic rings. The number of thiophene rings is 1. The second kappa shape index (κ2) is 8.45. The summed E-state index contributed by atoms with van der Waals surface area (Å²) in [6, 6.07) is 20.5. The molecular formula is C21H20N2O2S. The number of carbonyl (C=O) groups excluding carboxylic acids is 2. The second-order valence-corrected chi connectivity index (χ2v) is 6.81. The number of ketones is 1. The van der Waals surface area contributed by atoms with E-state index in [1.165, 1.54) is 11.3 Å². The van der Waals surface area contributed by atoms with Crippen LogP contribution in [-0.2, 0) is 0 Å². The molecule has 26 heavy (non-hydrogen) atoms. The van der Waals surface area contributed by atoms with Gasteiger partial charge in [-0.25, -0.2) is 0 Å². The molecule has 1 N–H and O–H groups in total. The molecule has 4 nitrogen and oxygen atoms in total. The van der Waals surface area contributed by atoms with Crippen LogP contribution < -0.4 is 10.2 Å². The van der Waals surface area contributed by atoms with E-state index in [-0.39, 0.29) is 11.7 Å². The van der Waals surface area contributed by atoms with Gasteiger partial charge in [0.25, 0.3) is 5.91 Å². The van der Waals surface area contributed by atoms with E-state index in [2.05, 4.69) is 10.2 Å². The van der Waals surface area contributed by atoms with Gasteiger partial charge in [-0.1, -0.05) is 42.5 Å². The number of hydrogen-bond donors (Lipinski definition) is 1. The molecule has 2 aromatic carbocycles. The molecule has 0 radical (unpaired) electrons. The molecule has 0 saturated heterocycles. The lowest BCUT2D eigenvalue weighted by molar-refractivity contribution is 0.0943. The number of para-hydroxylation sites is 1. The van der Waals surface area contributed by atoms with Crippen molar-refractivity contribution in [2.75, 3.05) is 25.0 Å². The third kappa shape index (κ3) is 4.18. The van der Waals surface area contributed by atoms with Gasteiger partial charge in [0.15, 0.2) is 0 Å². The Balaban J connectivity index is 1.64. The maximum Gasteiger partial charge on any atom is 0.252 e. The molecule has 1 heterocycles. The van der Waals surface area contributed by atoms with Gasteiger partial charge in [-0.3, -0.25) is 9.59 Å². The lowest BCUT2D eigenvalue weighted by atomic mass is 10.0. The predicted octanol–water partition coefficient (Wildman–Crippen LogP) is 3.85. The summed E-state index contributed by atoms with van der Waals surface area (Å²) in [5, 5.41) is 4.77. The Bertz CT molecular complexity index is 876. The van der Waals surface area contributed by atoms with Crippen LogP contribution in [0.4, 0.5) is 5.69 Å². The molecule has 3 rings (SSSR count). The van der Waals surface area contributed by atoms with Gasteiger partial charge < -0.3 is 10.2 Å². The van der Waals surface area contributed by atoms with Crippen LogP contribution in [0.3, 0.4) is 0 Å². The Morgan fingerprint density at radius 3 is 2.31 bits per heavy atom. The van der Waals surface area contributed by atoms with E-state index in [1.54, 1.807) is 30.3 Å². The van der Waals surface area contributed by atoms with Crippen molar-refractivity contribution in [3.8, 4) is 0 Å². The van der Waals surface area contributed by atoms with Crippen molar-refractivity contribution in [3.63, 3.8) is 0 Å². The number of nitrogens with zero attached hydrogens (tertiary/aromatic N) is 1. The highest BCUT2D eigenvalue weighted by Gasteiger charge is 2.18. The highest BCUT2D eigenvalue weighted by Crippen LogP contribution is 2.18. The Labute approximate surface area is 157 Å². The van der Waals surface area contributed by atoms with E-state index in [0.29, 0.717) is 29.1 Å². The minimum atomic E-state index is -0.230. The number of benzene rings is 2. The Kier molecular flexibility index (Phi) is 5.81. The third-order valence-corrected chi connectivity index (χ3v) is 4.96. The predicted molar refractivity (Wildman–Crippen MR) is 106 cm³/mol. The molecule has 0 unspecified atom stereocenters. The monoisotopic (exact) mass is 364 g/mol. The van der Waals surface area contributed by atoms with E-state index >= 15 is 0 Å². The largest absolute Gasteiger partial charge is 0.373 e. The van der Waals surface area contributed by atoms with E-state index in [0.717, 1.165) is 5.69 Å². The number of likely N-dealkylation sites (N-methyl/N-ethyl adjacent to an activating group) is 1. The van der Waals surface area contributed by atoms with Crippen molar-refractivity contribution in [1.82, 2.24) is 5.32 Å². The number of rotatable bonds is 7. The second-order valence-electron chi connectivity index (χ2n) is 5.87. The molecule has 0 saturated carbocycles. The fourth-order valence-corrected chi connectivity index (χ4v) is 3.34. The molecule has 1 amide bonds. The summed E-state index contributed by atoms with van der Waals surface area (Å²) in [4.78, 5) is 27.9. The molecule has 132 valence electrons. The van der Waals surface area contributed by atoms with Gasteiger partial charge in [0.2, 0.25) is 5.78 Å². The molecule has 3 aromatic rings. The molecule has 0 spiro atoms. The van der Waals surface area contributed by atoms with Crippen molar-refractivity contribution in [1.29, 1.82) is 0 Å². The Morgan fingerprint density at radius 1 is 0.923 bits per heavy atom. The zero-order chi connectivity index (χ0) is 18.4. The first-order valence-corrected chi connectivity index (χ1v) is 9.26. The van der Waals surface area contributed by atoms with Crippen LogP contribution in [0.15, 0.2) is 72.1 Å². The summed E-state index contributed by atoms with van der Waals surface area (Å²) < 4.78 is 0. The van der Waals surface area contributed by atoms with Crippen molar-refractivity contribution in [2.45, 2.75) is 0 Å².